The van der Waals surface area contributed by atoms with Gasteiger partial charge in [-0.1, -0.05) is 48.5 Å². The van der Waals surface area contributed by atoms with Crippen molar-refractivity contribution >= 4 is 27.6 Å². The topological polar surface area (TPSA) is 125 Å². The molecule has 32 heavy (non-hydrogen) atoms. The maximum absolute atomic E-state index is 12.3. The van der Waals surface area contributed by atoms with Gasteiger partial charge in [0, 0.05) is 11.3 Å². The number of carbonyl (C=O) groups is 2. The highest BCUT2D eigenvalue weighted by atomic mass is 32.2. The molecule has 0 spiro atoms. The minimum absolute atomic E-state index is 0.0806. The third-order valence-corrected chi connectivity index (χ3v) is 5.37. The minimum Gasteiger partial charge on any atom is -0.481 e. The number of carbonyl (C=O) groups excluding carboxylic acids is 2. The van der Waals surface area contributed by atoms with Crippen molar-refractivity contribution in [2.24, 2.45) is 5.14 Å². The van der Waals surface area contributed by atoms with E-state index in [1.807, 2.05) is 42.5 Å². The second kappa shape index (κ2) is 10.1. The van der Waals surface area contributed by atoms with Crippen LogP contribution in [0.1, 0.15) is 6.92 Å². The van der Waals surface area contributed by atoms with Gasteiger partial charge in [0.05, 0.1) is 4.90 Å². The summed E-state index contributed by atoms with van der Waals surface area (Å²) in [6, 6.07) is 22.2. The summed E-state index contributed by atoms with van der Waals surface area (Å²) in [7, 11) is -3.83. The van der Waals surface area contributed by atoms with E-state index in [0.29, 0.717) is 11.4 Å². The van der Waals surface area contributed by atoms with Gasteiger partial charge in [0.25, 0.3) is 5.91 Å². The third kappa shape index (κ3) is 6.16. The number of hydrogen-bond donors (Lipinski definition) is 2. The van der Waals surface area contributed by atoms with Crippen LogP contribution in [0.5, 0.6) is 5.75 Å². The standard InChI is InChI=1S/C23H22N2O6S/c1-16(23(27)25-18-11-13-19(14-12-18)32(24,28)29)31-22(26)15-30-21-10-6-5-9-20(21)17-7-3-2-4-8-17/h2-14,16H,15H2,1H3,(H,25,27)(H2,24,28,29). The fourth-order valence-corrected chi connectivity index (χ4v) is 3.36. The molecule has 0 heterocycles. The van der Waals surface area contributed by atoms with Crippen LogP contribution in [-0.4, -0.2) is 33.0 Å². The molecule has 0 radical (unpaired) electrons. The molecule has 3 rings (SSSR count). The second-order valence-electron chi connectivity index (χ2n) is 6.84. The summed E-state index contributed by atoms with van der Waals surface area (Å²) in [5, 5.41) is 7.58. The van der Waals surface area contributed by atoms with Crippen molar-refractivity contribution in [3.63, 3.8) is 0 Å². The Labute approximate surface area is 186 Å². The molecular weight excluding hydrogens is 432 g/mol. The molecule has 3 N–H and O–H groups in total. The predicted molar refractivity (Wildman–Crippen MR) is 119 cm³/mol. The molecule has 0 aliphatic rings. The van der Waals surface area contributed by atoms with Gasteiger partial charge in [0.1, 0.15) is 5.75 Å². The summed E-state index contributed by atoms with van der Waals surface area (Å²) in [5.74, 6) is -0.769. The van der Waals surface area contributed by atoms with E-state index in [2.05, 4.69) is 5.32 Å². The number of esters is 1. The minimum atomic E-state index is -3.83. The predicted octanol–water partition coefficient (Wildman–Crippen LogP) is 2.95. The molecule has 3 aromatic rings. The van der Waals surface area contributed by atoms with Gasteiger partial charge in [-0.25, -0.2) is 18.4 Å². The number of hydrogen-bond acceptors (Lipinski definition) is 6. The number of rotatable bonds is 8. The molecule has 1 unspecified atom stereocenters. The lowest BCUT2D eigenvalue weighted by atomic mass is 10.1. The molecule has 8 nitrogen and oxygen atoms in total. The Bertz CT molecular complexity index is 1190. The number of nitrogens with two attached hydrogens (primary N) is 1. The molecule has 0 aliphatic carbocycles. The zero-order valence-electron chi connectivity index (χ0n) is 17.2. The van der Waals surface area contributed by atoms with Gasteiger partial charge in [-0.2, -0.15) is 0 Å². The van der Waals surface area contributed by atoms with E-state index in [1.165, 1.54) is 31.2 Å². The number of amides is 1. The maximum atomic E-state index is 12.3. The van der Waals surface area contributed by atoms with E-state index in [9.17, 15) is 18.0 Å². The number of sulfonamides is 1. The lowest BCUT2D eigenvalue weighted by Crippen LogP contribution is -2.31. The number of primary sulfonamides is 1. The first-order chi connectivity index (χ1) is 15.2. The van der Waals surface area contributed by atoms with Gasteiger partial charge in [-0.05, 0) is 42.8 Å². The Morgan fingerprint density at radius 1 is 0.938 bits per heavy atom. The van der Waals surface area contributed by atoms with E-state index in [-0.39, 0.29) is 11.5 Å². The summed E-state index contributed by atoms with van der Waals surface area (Å²) in [6.07, 6.45) is -1.09. The monoisotopic (exact) mass is 454 g/mol. The molecule has 0 bridgehead atoms. The van der Waals surface area contributed by atoms with Gasteiger partial charge >= 0.3 is 5.97 Å². The summed E-state index contributed by atoms with van der Waals surface area (Å²) >= 11 is 0. The van der Waals surface area contributed by atoms with Crippen molar-refractivity contribution in [1.29, 1.82) is 0 Å². The largest absolute Gasteiger partial charge is 0.481 e. The molecule has 0 fully saturated rings. The Hall–Kier alpha value is -3.69. The number of anilines is 1. The van der Waals surface area contributed by atoms with Crippen LogP contribution < -0.4 is 15.2 Å². The summed E-state index contributed by atoms with van der Waals surface area (Å²) < 4.78 is 33.3. The molecule has 0 saturated carbocycles. The summed E-state index contributed by atoms with van der Waals surface area (Å²) in [4.78, 5) is 24.4. The maximum Gasteiger partial charge on any atom is 0.344 e. The Morgan fingerprint density at radius 2 is 1.56 bits per heavy atom. The normalized spacial score (nSPS) is 11.9. The van der Waals surface area contributed by atoms with Crippen LogP contribution in [0.25, 0.3) is 11.1 Å². The van der Waals surface area contributed by atoms with Crippen LogP contribution in [0.15, 0.2) is 83.8 Å². The molecule has 9 heteroatoms. The molecular formula is C23H22N2O6S. The van der Waals surface area contributed by atoms with Gasteiger partial charge in [-0.15, -0.1) is 0 Å². The highest BCUT2D eigenvalue weighted by Crippen LogP contribution is 2.29. The van der Waals surface area contributed by atoms with Crippen LogP contribution in [0, 0.1) is 0 Å². The van der Waals surface area contributed by atoms with Crippen molar-refractivity contribution in [3.05, 3.63) is 78.9 Å². The molecule has 1 amide bonds. The van der Waals surface area contributed by atoms with Crippen molar-refractivity contribution in [2.75, 3.05) is 11.9 Å². The highest BCUT2D eigenvalue weighted by molar-refractivity contribution is 7.89. The molecule has 3 aromatic carbocycles. The molecule has 0 saturated heterocycles. The van der Waals surface area contributed by atoms with E-state index < -0.39 is 28.0 Å². The van der Waals surface area contributed by atoms with Crippen LogP contribution in [0.4, 0.5) is 5.69 Å². The van der Waals surface area contributed by atoms with E-state index in [4.69, 9.17) is 14.6 Å². The first kappa shape index (κ1) is 23.0. The number of ether oxygens (including phenoxy) is 2. The van der Waals surface area contributed by atoms with Gasteiger partial charge < -0.3 is 14.8 Å². The van der Waals surface area contributed by atoms with Crippen molar-refractivity contribution in [2.45, 2.75) is 17.9 Å². The smallest absolute Gasteiger partial charge is 0.344 e. The summed E-state index contributed by atoms with van der Waals surface area (Å²) in [5.41, 5.74) is 2.10. The zero-order valence-corrected chi connectivity index (χ0v) is 18.0. The number of nitrogens with one attached hydrogen (secondary N) is 1. The van der Waals surface area contributed by atoms with E-state index >= 15 is 0 Å². The average Bonchev–Trinajstić information content (AvgIpc) is 2.78. The number of para-hydroxylation sites is 1. The molecule has 0 aromatic heterocycles. The van der Waals surface area contributed by atoms with Crippen LogP contribution in [0.2, 0.25) is 0 Å². The SMILES string of the molecule is CC(OC(=O)COc1ccccc1-c1ccccc1)C(=O)Nc1ccc(S(N)(=O)=O)cc1. The fourth-order valence-electron chi connectivity index (χ4n) is 2.84. The summed E-state index contributed by atoms with van der Waals surface area (Å²) in [6.45, 7) is 1.05. The van der Waals surface area contributed by atoms with Crippen molar-refractivity contribution in [3.8, 4) is 16.9 Å². The van der Waals surface area contributed by atoms with Crippen molar-refractivity contribution in [1.82, 2.24) is 0 Å². The van der Waals surface area contributed by atoms with Gasteiger partial charge in [-0.3, -0.25) is 4.79 Å². The lowest BCUT2D eigenvalue weighted by molar-refractivity contribution is -0.155. The molecule has 0 aliphatic heterocycles. The first-order valence-electron chi connectivity index (χ1n) is 9.64. The van der Waals surface area contributed by atoms with Gasteiger partial charge in [0.15, 0.2) is 12.7 Å². The van der Waals surface area contributed by atoms with Crippen molar-refractivity contribution < 1.29 is 27.5 Å². The van der Waals surface area contributed by atoms with Gasteiger partial charge in [0.2, 0.25) is 10.0 Å². The van der Waals surface area contributed by atoms with E-state index in [1.54, 1.807) is 12.1 Å². The second-order valence-corrected chi connectivity index (χ2v) is 8.40. The molecule has 166 valence electrons. The van der Waals surface area contributed by atoms with Crippen LogP contribution in [-0.2, 0) is 24.3 Å². The lowest BCUT2D eigenvalue weighted by Gasteiger charge is -2.15. The Morgan fingerprint density at radius 3 is 2.22 bits per heavy atom. The van der Waals surface area contributed by atoms with E-state index in [0.717, 1.165) is 11.1 Å². The van der Waals surface area contributed by atoms with Crippen LogP contribution in [0.3, 0.4) is 0 Å². The Balaban J connectivity index is 1.55. The highest BCUT2D eigenvalue weighted by Gasteiger charge is 2.19. The Kier molecular flexibility index (Phi) is 7.24. The number of benzene rings is 3. The fraction of sp³-hybridized carbons (Fsp3) is 0.130. The average molecular weight is 455 g/mol. The molecule has 1 atom stereocenters. The zero-order chi connectivity index (χ0) is 23.1. The third-order valence-electron chi connectivity index (χ3n) is 4.45. The van der Waals surface area contributed by atoms with Crippen LogP contribution >= 0.6 is 0 Å². The first-order valence-corrected chi connectivity index (χ1v) is 11.2. The quantitative estimate of drug-likeness (QED) is 0.504.